The van der Waals surface area contributed by atoms with Crippen molar-refractivity contribution in [1.82, 2.24) is 14.3 Å². The summed E-state index contributed by atoms with van der Waals surface area (Å²) in [5.74, 6) is 1.00. The third-order valence-electron chi connectivity index (χ3n) is 4.53. The van der Waals surface area contributed by atoms with Gasteiger partial charge in [0.1, 0.15) is 4.90 Å². The van der Waals surface area contributed by atoms with E-state index >= 15 is 0 Å². The highest BCUT2D eigenvalue weighted by Gasteiger charge is 2.42. The van der Waals surface area contributed by atoms with Crippen LogP contribution in [0.3, 0.4) is 0 Å². The van der Waals surface area contributed by atoms with Gasteiger partial charge in [-0.1, -0.05) is 12.8 Å². The fraction of sp³-hybridized carbons (Fsp3) is 0.714. The number of fused-ring (bicyclic) bond motifs is 1. The first-order chi connectivity index (χ1) is 10.1. The van der Waals surface area contributed by atoms with Crippen LogP contribution in [-0.2, 0) is 10.0 Å². The average Bonchev–Trinajstić information content (AvgIpc) is 2.93. The van der Waals surface area contributed by atoms with Crippen LogP contribution < -0.4 is 5.32 Å². The van der Waals surface area contributed by atoms with E-state index in [1.807, 2.05) is 6.92 Å². The zero-order valence-electron chi connectivity index (χ0n) is 12.3. The maximum absolute atomic E-state index is 12.8. The zero-order valence-corrected chi connectivity index (χ0v) is 13.1. The van der Waals surface area contributed by atoms with Gasteiger partial charge in [-0.2, -0.15) is 4.31 Å². The van der Waals surface area contributed by atoms with Gasteiger partial charge in [0.15, 0.2) is 0 Å². The standard InChI is InChI=1S/C14H22N4O2S/c1-2-15-14-16-9-12(10-17-14)21(19,20)18-8-7-11-5-3-4-6-13(11)18/h9-11,13H,2-8H2,1H3,(H,15,16,17). The highest BCUT2D eigenvalue weighted by molar-refractivity contribution is 7.89. The molecule has 0 aromatic carbocycles. The van der Waals surface area contributed by atoms with Gasteiger partial charge in [-0.05, 0) is 32.1 Å². The largest absolute Gasteiger partial charge is 0.355 e. The second-order valence-corrected chi connectivity index (χ2v) is 7.68. The molecule has 0 spiro atoms. The molecule has 1 aromatic heterocycles. The first kappa shape index (κ1) is 14.7. The van der Waals surface area contributed by atoms with E-state index in [0.29, 0.717) is 25.0 Å². The Morgan fingerprint density at radius 2 is 1.95 bits per heavy atom. The van der Waals surface area contributed by atoms with E-state index in [2.05, 4.69) is 15.3 Å². The highest BCUT2D eigenvalue weighted by atomic mass is 32.2. The fourth-order valence-corrected chi connectivity index (χ4v) is 5.12. The van der Waals surface area contributed by atoms with Crippen molar-refractivity contribution in [1.29, 1.82) is 0 Å². The fourth-order valence-electron chi connectivity index (χ4n) is 3.50. The maximum atomic E-state index is 12.8. The van der Waals surface area contributed by atoms with Crippen molar-refractivity contribution in [3.63, 3.8) is 0 Å². The van der Waals surface area contributed by atoms with E-state index < -0.39 is 10.0 Å². The Morgan fingerprint density at radius 3 is 2.67 bits per heavy atom. The number of nitrogens with one attached hydrogen (secondary N) is 1. The summed E-state index contributed by atoms with van der Waals surface area (Å²) in [5, 5.41) is 2.97. The molecule has 1 saturated carbocycles. The quantitative estimate of drug-likeness (QED) is 0.918. The average molecular weight is 310 g/mol. The molecule has 0 radical (unpaired) electrons. The summed E-state index contributed by atoms with van der Waals surface area (Å²) < 4.78 is 27.3. The second-order valence-electron chi connectivity index (χ2n) is 5.79. The van der Waals surface area contributed by atoms with Crippen molar-refractivity contribution in [3.8, 4) is 0 Å². The Labute approximate surface area is 126 Å². The Morgan fingerprint density at radius 1 is 1.24 bits per heavy atom. The van der Waals surface area contributed by atoms with Crippen molar-refractivity contribution in [2.24, 2.45) is 5.92 Å². The normalized spacial score (nSPS) is 26.5. The first-order valence-corrected chi connectivity index (χ1v) is 9.14. The van der Waals surface area contributed by atoms with Crippen molar-refractivity contribution >= 4 is 16.0 Å². The molecule has 2 fully saturated rings. The number of hydrogen-bond donors (Lipinski definition) is 1. The number of sulfonamides is 1. The van der Waals surface area contributed by atoms with Crippen LogP contribution >= 0.6 is 0 Å². The monoisotopic (exact) mass is 310 g/mol. The molecule has 2 atom stereocenters. The van der Waals surface area contributed by atoms with Crippen molar-refractivity contribution < 1.29 is 8.42 Å². The molecule has 3 rings (SSSR count). The van der Waals surface area contributed by atoms with Crippen LogP contribution in [0.4, 0.5) is 5.95 Å². The number of hydrogen-bond acceptors (Lipinski definition) is 5. The maximum Gasteiger partial charge on any atom is 0.246 e. The summed E-state index contributed by atoms with van der Waals surface area (Å²) in [7, 11) is -3.46. The van der Waals surface area contributed by atoms with Crippen molar-refractivity contribution in [2.75, 3.05) is 18.4 Å². The molecule has 2 aliphatic rings. The van der Waals surface area contributed by atoms with Crippen LogP contribution in [0.1, 0.15) is 39.0 Å². The third-order valence-corrected chi connectivity index (χ3v) is 6.41. The van der Waals surface area contributed by atoms with Gasteiger partial charge in [0, 0.05) is 19.1 Å². The molecule has 2 heterocycles. The van der Waals surface area contributed by atoms with Gasteiger partial charge < -0.3 is 5.32 Å². The first-order valence-electron chi connectivity index (χ1n) is 7.70. The Kier molecular flexibility index (Phi) is 4.12. The molecular weight excluding hydrogens is 288 g/mol. The molecule has 1 saturated heterocycles. The van der Waals surface area contributed by atoms with E-state index in [9.17, 15) is 8.42 Å². The Balaban J connectivity index is 1.83. The SMILES string of the molecule is CCNc1ncc(S(=O)(=O)N2CCC3CCCCC32)cn1. The number of rotatable bonds is 4. The Bertz CT molecular complexity index is 587. The highest BCUT2D eigenvalue weighted by Crippen LogP contribution is 2.38. The molecule has 1 aliphatic carbocycles. The smallest absolute Gasteiger partial charge is 0.246 e. The second kappa shape index (κ2) is 5.88. The summed E-state index contributed by atoms with van der Waals surface area (Å²) in [6, 6.07) is 0.178. The zero-order chi connectivity index (χ0) is 14.9. The van der Waals surface area contributed by atoms with Gasteiger partial charge in [0.05, 0.1) is 12.4 Å². The van der Waals surface area contributed by atoms with E-state index in [1.54, 1.807) is 4.31 Å². The molecule has 7 heteroatoms. The van der Waals surface area contributed by atoms with Gasteiger partial charge in [-0.25, -0.2) is 18.4 Å². The molecular formula is C14H22N4O2S. The summed E-state index contributed by atoms with van der Waals surface area (Å²) >= 11 is 0. The van der Waals surface area contributed by atoms with Gasteiger partial charge in [0.2, 0.25) is 16.0 Å². The molecule has 0 bridgehead atoms. The summed E-state index contributed by atoms with van der Waals surface area (Å²) in [5.41, 5.74) is 0. The molecule has 0 amide bonds. The molecule has 1 aliphatic heterocycles. The number of aromatic nitrogens is 2. The van der Waals surface area contributed by atoms with Gasteiger partial charge in [0.25, 0.3) is 0 Å². The van der Waals surface area contributed by atoms with E-state index in [-0.39, 0.29) is 10.9 Å². The minimum atomic E-state index is -3.46. The lowest BCUT2D eigenvalue weighted by Crippen LogP contribution is -2.39. The van der Waals surface area contributed by atoms with Crippen molar-refractivity contribution in [2.45, 2.75) is 50.0 Å². The van der Waals surface area contributed by atoms with Crippen LogP contribution in [0.2, 0.25) is 0 Å². The molecule has 116 valence electrons. The van der Waals surface area contributed by atoms with E-state index in [0.717, 1.165) is 25.7 Å². The summed E-state index contributed by atoms with van der Waals surface area (Å²) in [4.78, 5) is 8.37. The number of anilines is 1. The summed E-state index contributed by atoms with van der Waals surface area (Å²) in [6.07, 6.45) is 8.32. The lowest BCUT2D eigenvalue weighted by molar-refractivity contribution is 0.260. The topological polar surface area (TPSA) is 75.2 Å². The van der Waals surface area contributed by atoms with Gasteiger partial charge >= 0.3 is 0 Å². The Hall–Kier alpha value is -1.21. The summed E-state index contributed by atoms with van der Waals surface area (Å²) in [6.45, 7) is 3.29. The minimum Gasteiger partial charge on any atom is -0.355 e. The lowest BCUT2D eigenvalue weighted by Gasteiger charge is -2.30. The number of nitrogens with zero attached hydrogens (tertiary/aromatic N) is 3. The van der Waals surface area contributed by atoms with Gasteiger partial charge in [-0.15, -0.1) is 0 Å². The van der Waals surface area contributed by atoms with Crippen LogP contribution in [0.25, 0.3) is 0 Å². The molecule has 1 N–H and O–H groups in total. The van der Waals surface area contributed by atoms with Gasteiger partial charge in [-0.3, -0.25) is 0 Å². The van der Waals surface area contributed by atoms with E-state index in [4.69, 9.17) is 0 Å². The van der Waals surface area contributed by atoms with Crippen molar-refractivity contribution in [3.05, 3.63) is 12.4 Å². The molecule has 2 unspecified atom stereocenters. The van der Waals surface area contributed by atoms with Crippen LogP contribution in [0.5, 0.6) is 0 Å². The minimum absolute atomic E-state index is 0.178. The van der Waals surface area contributed by atoms with Crippen LogP contribution in [-0.4, -0.2) is 41.8 Å². The molecule has 21 heavy (non-hydrogen) atoms. The van der Waals surface area contributed by atoms with Crippen LogP contribution in [0, 0.1) is 5.92 Å². The predicted molar refractivity (Wildman–Crippen MR) is 80.5 cm³/mol. The third kappa shape index (κ3) is 2.76. The lowest BCUT2D eigenvalue weighted by atomic mass is 9.86. The van der Waals surface area contributed by atoms with Crippen LogP contribution in [0.15, 0.2) is 17.3 Å². The molecule has 1 aromatic rings. The van der Waals surface area contributed by atoms with E-state index in [1.165, 1.54) is 18.8 Å². The predicted octanol–water partition coefficient (Wildman–Crippen LogP) is 1.86. The molecule has 6 nitrogen and oxygen atoms in total.